The topological polar surface area (TPSA) is 109 Å². The van der Waals surface area contributed by atoms with Crippen molar-refractivity contribution in [2.75, 3.05) is 17.6 Å². The molecule has 23 heavy (non-hydrogen) atoms. The van der Waals surface area contributed by atoms with Gasteiger partial charge in [0.05, 0.1) is 11.5 Å². The van der Waals surface area contributed by atoms with Crippen molar-refractivity contribution in [3.63, 3.8) is 0 Å². The minimum absolute atomic E-state index is 0.0287. The average molecular weight is 335 g/mol. The molecular weight excluding hydrogens is 318 g/mol. The van der Waals surface area contributed by atoms with E-state index in [4.69, 9.17) is 5.11 Å². The standard InChI is InChI=1S/C15H17N3O4S/c19-15(20)13-7-8-14(18-17-13)16-9-4-10-23(21,22)11-12-5-2-1-3-6-12/h1-3,5-8H,4,9-11H2,(H,16,18)(H,19,20). The molecule has 2 N–H and O–H groups in total. The van der Waals surface area contributed by atoms with Crippen LogP contribution < -0.4 is 5.32 Å². The van der Waals surface area contributed by atoms with Crippen LogP contribution in [0, 0.1) is 0 Å². The summed E-state index contributed by atoms with van der Waals surface area (Å²) in [6, 6.07) is 11.9. The fourth-order valence-corrected chi connectivity index (χ4v) is 3.38. The van der Waals surface area contributed by atoms with Crippen LogP contribution in [0.1, 0.15) is 22.5 Å². The van der Waals surface area contributed by atoms with Crippen molar-refractivity contribution < 1.29 is 18.3 Å². The first kappa shape index (κ1) is 16.9. The molecule has 1 heterocycles. The summed E-state index contributed by atoms with van der Waals surface area (Å²) in [7, 11) is -3.16. The molecule has 0 aliphatic heterocycles. The Kier molecular flexibility index (Phi) is 5.64. The van der Waals surface area contributed by atoms with Crippen LogP contribution in [0.5, 0.6) is 0 Å². The van der Waals surface area contributed by atoms with Crippen molar-refractivity contribution in [3.05, 3.63) is 53.7 Å². The van der Waals surface area contributed by atoms with Gasteiger partial charge in [-0.05, 0) is 24.1 Å². The Bertz CT molecular complexity index is 746. The van der Waals surface area contributed by atoms with Crippen LogP contribution in [0.2, 0.25) is 0 Å². The van der Waals surface area contributed by atoms with E-state index in [0.717, 1.165) is 5.56 Å². The fraction of sp³-hybridized carbons (Fsp3) is 0.267. The van der Waals surface area contributed by atoms with Gasteiger partial charge in [0.2, 0.25) is 0 Å². The molecular formula is C15H17N3O4S. The first-order valence-electron chi connectivity index (χ1n) is 7.01. The maximum Gasteiger partial charge on any atom is 0.356 e. The Labute approximate surface area is 134 Å². The number of sulfone groups is 1. The van der Waals surface area contributed by atoms with E-state index in [9.17, 15) is 13.2 Å². The number of nitrogens with one attached hydrogen (secondary N) is 1. The molecule has 0 bridgehead atoms. The summed E-state index contributed by atoms with van der Waals surface area (Å²) in [5.41, 5.74) is 0.636. The summed E-state index contributed by atoms with van der Waals surface area (Å²) in [6.07, 6.45) is 0.428. The molecule has 0 amide bonds. The van der Waals surface area contributed by atoms with Crippen molar-refractivity contribution in [1.82, 2.24) is 10.2 Å². The number of aromatic carboxylic acids is 1. The van der Waals surface area contributed by atoms with Gasteiger partial charge in [-0.1, -0.05) is 30.3 Å². The van der Waals surface area contributed by atoms with Gasteiger partial charge < -0.3 is 10.4 Å². The largest absolute Gasteiger partial charge is 0.476 e. The second-order valence-corrected chi connectivity index (χ2v) is 7.15. The number of nitrogens with zero attached hydrogens (tertiary/aromatic N) is 2. The van der Waals surface area contributed by atoms with E-state index in [2.05, 4.69) is 15.5 Å². The Balaban J connectivity index is 1.77. The lowest BCUT2D eigenvalue weighted by molar-refractivity contribution is 0.0689. The number of rotatable bonds is 8. The molecule has 7 nitrogen and oxygen atoms in total. The van der Waals surface area contributed by atoms with E-state index in [1.54, 1.807) is 12.1 Å². The van der Waals surface area contributed by atoms with Crippen LogP contribution in [-0.4, -0.2) is 42.0 Å². The highest BCUT2D eigenvalue weighted by Crippen LogP contribution is 2.08. The van der Waals surface area contributed by atoms with Crippen LogP contribution in [0.15, 0.2) is 42.5 Å². The van der Waals surface area contributed by atoms with E-state index >= 15 is 0 Å². The van der Waals surface area contributed by atoms with E-state index in [0.29, 0.717) is 18.8 Å². The van der Waals surface area contributed by atoms with Gasteiger partial charge in [-0.15, -0.1) is 10.2 Å². The van der Waals surface area contributed by atoms with Gasteiger partial charge in [0.1, 0.15) is 5.82 Å². The van der Waals surface area contributed by atoms with Crippen LogP contribution >= 0.6 is 0 Å². The first-order chi connectivity index (χ1) is 11.0. The molecule has 0 spiro atoms. The molecule has 0 unspecified atom stereocenters. The Morgan fingerprint density at radius 3 is 2.43 bits per heavy atom. The number of hydrogen-bond acceptors (Lipinski definition) is 6. The third-order valence-corrected chi connectivity index (χ3v) is 4.74. The van der Waals surface area contributed by atoms with Crippen molar-refractivity contribution in [1.29, 1.82) is 0 Å². The highest BCUT2D eigenvalue weighted by atomic mass is 32.2. The van der Waals surface area contributed by atoms with Crippen LogP contribution in [0.4, 0.5) is 5.82 Å². The molecule has 0 saturated carbocycles. The minimum atomic E-state index is -3.16. The van der Waals surface area contributed by atoms with Crippen molar-refractivity contribution in [2.45, 2.75) is 12.2 Å². The molecule has 0 aliphatic carbocycles. The number of aromatic nitrogens is 2. The quantitative estimate of drug-likeness (QED) is 0.705. The molecule has 2 rings (SSSR count). The third kappa shape index (κ3) is 5.67. The Morgan fingerprint density at radius 2 is 1.83 bits per heavy atom. The number of benzene rings is 1. The third-order valence-electron chi connectivity index (χ3n) is 3.05. The predicted molar refractivity (Wildman–Crippen MR) is 86.0 cm³/mol. The summed E-state index contributed by atoms with van der Waals surface area (Å²) in [6.45, 7) is 0.412. The highest BCUT2D eigenvalue weighted by molar-refractivity contribution is 7.90. The minimum Gasteiger partial charge on any atom is -0.476 e. The van der Waals surface area contributed by atoms with Gasteiger partial charge in [0.15, 0.2) is 15.5 Å². The normalized spacial score (nSPS) is 11.1. The molecule has 0 aliphatic rings. The molecule has 8 heteroatoms. The highest BCUT2D eigenvalue weighted by Gasteiger charge is 2.11. The number of carbonyl (C=O) groups is 1. The lowest BCUT2D eigenvalue weighted by Gasteiger charge is -2.06. The molecule has 122 valence electrons. The monoisotopic (exact) mass is 335 g/mol. The van der Waals surface area contributed by atoms with E-state index in [-0.39, 0.29) is 17.2 Å². The zero-order valence-electron chi connectivity index (χ0n) is 12.3. The Morgan fingerprint density at radius 1 is 1.09 bits per heavy atom. The van der Waals surface area contributed by atoms with Crippen molar-refractivity contribution in [2.24, 2.45) is 0 Å². The van der Waals surface area contributed by atoms with Crippen LogP contribution in [0.3, 0.4) is 0 Å². The SMILES string of the molecule is O=C(O)c1ccc(NCCCS(=O)(=O)Cc2ccccc2)nn1. The molecule has 2 aromatic rings. The number of hydrogen-bond donors (Lipinski definition) is 2. The summed E-state index contributed by atoms with van der Waals surface area (Å²) in [4.78, 5) is 10.6. The van der Waals surface area contributed by atoms with Crippen LogP contribution in [0.25, 0.3) is 0 Å². The number of anilines is 1. The van der Waals surface area contributed by atoms with Crippen LogP contribution in [-0.2, 0) is 15.6 Å². The van der Waals surface area contributed by atoms with Gasteiger partial charge in [-0.2, -0.15) is 0 Å². The van der Waals surface area contributed by atoms with Gasteiger partial charge in [-0.3, -0.25) is 0 Å². The molecule has 0 radical (unpaired) electrons. The number of carboxylic acids is 1. The van der Waals surface area contributed by atoms with Gasteiger partial charge in [0, 0.05) is 6.54 Å². The second-order valence-electron chi connectivity index (χ2n) is 4.97. The zero-order chi connectivity index (χ0) is 16.7. The predicted octanol–water partition coefficient (Wildman–Crippen LogP) is 1.59. The summed E-state index contributed by atoms with van der Waals surface area (Å²) >= 11 is 0. The van der Waals surface area contributed by atoms with Gasteiger partial charge in [0.25, 0.3) is 0 Å². The van der Waals surface area contributed by atoms with Crippen molar-refractivity contribution >= 4 is 21.6 Å². The molecule has 1 aromatic heterocycles. The molecule has 1 aromatic carbocycles. The zero-order valence-corrected chi connectivity index (χ0v) is 13.2. The lowest BCUT2D eigenvalue weighted by atomic mass is 10.2. The van der Waals surface area contributed by atoms with Gasteiger partial charge >= 0.3 is 5.97 Å². The fourth-order valence-electron chi connectivity index (χ4n) is 1.95. The smallest absolute Gasteiger partial charge is 0.356 e. The first-order valence-corrected chi connectivity index (χ1v) is 8.84. The van der Waals surface area contributed by atoms with E-state index < -0.39 is 15.8 Å². The summed E-state index contributed by atoms with van der Waals surface area (Å²) in [5, 5.41) is 18.9. The molecule has 0 saturated heterocycles. The maximum atomic E-state index is 12.0. The molecule has 0 fully saturated rings. The van der Waals surface area contributed by atoms with Gasteiger partial charge in [-0.25, -0.2) is 13.2 Å². The Hall–Kier alpha value is -2.48. The maximum absolute atomic E-state index is 12.0. The van der Waals surface area contributed by atoms with E-state index in [1.807, 2.05) is 18.2 Å². The second kappa shape index (κ2) is 7.68. The average Bonchev–Trinajstić information content (AvgIpc) is 2.52. The lowest BCUT2D eigenvalue weighted by Crippen LogP contribution is -2.14. The summed E-state index contributed by atoms with van der Waals surface area (Å²) < 4.78 is 24.0. The van der Waals surface area contributed by atoms with E-state index in [1.165, 1.54) is 12.1 Å². The summed E-state index contributed by atoms with van der Waals surface area (Å²) in [5.74, 6) is -0.636. The molecule has 0 atom stereocenters. The van der Waals surface area contributed by atoms with Crippen molar-refractivity contribution in [3.8, 4) is 0 Å². The number of carboxylic acid groups (broad SMARTS) is 1.